The third kappa shape index (κ3) is 4.35. The Bertz CT molecular complexity index is 1070. The number of amides is 4. The van der Waals surface area contributed by atoms with E-state index in [2.05, 4.69) is 10.6 Å². The van der Waals surface area contributed by atoms with E-state index in [1.54, 1.807) is 9.80 Å². The molecule has 2 aliphatic heterocycles. The maximum atomic E-state index is 13.9. The zero-order chi connectivity index (χ0) is 23.5. The molecule has 2 unspecified atom stereocenters. The van der Waals surface area contributed by atoms with Gasteiger partial charge in [-0.25, -0.2) is 4.79 Å². The molecule has 0 aliphatic carbocycles. The number of nitrogens with one attached hydrogen (secondary N) is 2. The van der Waals surface area contributed by atoms with Crippen LogP contribution >= 0.6 is 0 Å². The van der Waals surface area contributed by atoms with Crippen LogP contribution in [0.4, 0.5) is 4.79 Å². The summed E-state index contributed by atoms with van der Waals surface area (Å²) < 4.78 is 0. The van der Waals surface area contributed by atoms with Gasteiger partial charge in [0.25, 0.3) is 5.91 Å². The molecule has 33 heavy (non-hydrogen) atoms. The smallest absolute Gasteiger partial charge is 0.322 e. The first kappa shape index (κ1) is 22.6. The lowest BCUT2D eigenvalue weighted by Crippen LogP contribution is -2.47. The highest BCUT2D eigenvalue weighted by Gasteiger charge is 2.47. The van der Waals surface area contributed by atoms with Crippen molar-refractivity contribution >= 4 is 17.8 Å². The van der Waals surface area contributed by atoms with E-state index < -0.39 is 12.1 Å². The molecule has 7 heteroatoms. The molecule has 2 aliphatic rings. The summed E-state index contributed by atoms with van der Waals surface area (Å²) in [5.74, 6) is -0.168. The van der Waals surface area contributed by atoms with Gasteiger partial charge in [-0.3, -0.25) is 14.5 Å². The minimum Gasteiger partial charge on any atom is -0.354 e. The van der Waals surface area contributed by atoms with E-state index in [9.17, 15) is 14.4 Å². The second-order valence-electron chi connectivity index (χ2n) is 8.78. The van der Waals surface area contributed by atoms with Crippen LogP contribution in [0.3, 0.4) is 0 Å². The fraction of sp³-hybridized carbons (Fsp3) is 0.346. The van der Waals surface area contributed by atoms with Crippen molar-refractivity contribution in [3.05, 3.63) is 83.1 Å². The molecule has 0 radical (unpaired) electrons. The molecule has 0 saturated heterocycles. The summed E-state index contributed by atoms with van der Waals surface area (Å²) >= 11 is 0. The number of hydrogen-bond acceptors (Lipinski definition) is 3. The van der Waals surface area contributed by atoms with Gasteiger partial charge in [0.2, 0.25) is 5.91 Å². The minimum atomic E-state index is -0.784. The highest BCUT2D eigenvalue weighted by molar-refractivity contribution is 6.03. The van der Waals surface area contributed by atoms with Crippen molar-refractivity contribution in [3.8, 4) is 0 Å². The third-order valence-corrected chi connectivity index (χ3v) is 6.06. The number of urea groups is 1. The summed E-state index contributed by atoms with van der Waals surface area (Å²) in [5, 5.41) is 5.97. The van der Waals surface area contributed by atoms with Gasteiger partial charge in [-0.1, -0.05) is 74.5 Å². The lowest BCUT2D eigenvalue weighted by molar-refractivity contribution is -0.136. The molecule has 0 saturated carbocycles. The molecule has 4 rings (SSSR count). The van der Waals surface area contributed by atoms with Crippen LogP contribution in [-0.2, 0) is 9.59 Å². The Hall–Kier alpha value is -3.61. The van der Waals surface area contributed by atoms with E-state index in [1.165, 1.54) is 0 Å². The predicted molar refractivity (Wildman–Crippen MR) is 126 cm³/mol. The van der Waals surface area contributed by atoms with E-state index in [0.29, 0.717) is 24.4 Å². The Kier molecular flexibility index (Phi) is 6.49. The van der Waals surface area contributed by atoms with Gasteiger partial charge in [-0.15, -0.1) is 0 Å². The highest BCUT2D eigenvalue weighted by atomic mass is 16.2. The van der Waals surface area contributed by atoms with Crippen molar-refractivity contribution in [2.45, 2.75) is 32.9 Å². The van der Waals surface area contributed by atoms with Crippen molar-refractivity contribution in [2.75, 3.05) is 19.6 Å². The molecule has 172 valence electrons. The maximum absolute atomic E-state index is 13.9. The topological polar surface area (TPSA) is 81.8 Å². The van der Waals surface area contributed by atoms with Crippen LogP contribution in [0.1, 0.15) is 44.0 Å². The number of likely N-dealkylation sites (N-methyl/N-ethyl adjacent to an activating group) is 1. The first-order valence-corrected chi connectivity index (χ1v) is 11.4. The van der Waals surface area contributed by atoms with Gasteiger partial charge in [0.1, 0.15) is 6.04 Å². The summed E-state index contributed by atoms with van der Waals surface area (Å²) in [6.45, 7) is 7.09. The molecule has 2 N–H and O–H groups in total. The number of rotatable bonds is 7. The summed E-state index contributed by atoms with van der Waals surface area (Å²) in [4.78, 5) is 43.3. The van der Waals surface area contributed by atoms with Crippen LogP contribution in [0.5, 0.6) is 0 Å². The van der Waals surface area contributed by atoms with Gasteiger partial charge in [0.05, 0.1) is 23.9 Å². The lowest BCUT2D eigenvalue weighted by Gasteiger charge is -2.32. The molecule has 0 aromatic heterocycles. The van der Waals surface area contributed by atoms with Gasteiger partial charge < -0.3 is 15.5 Å². The van der Waals surface area contributed by atoms with Crippen LogP contribution in [-0.4, -0.2) is 47.3 Å². The highest BCUT2D eigenvalue weighted by Crippen LogP contribution is 2.39. The Morgan fingerprint density at radius 1 is 1.06 bits per heavy atom. The van der Waals surface area contributed by atoms with Crippen LogP contribution in [0, 0.1) is 5.92 Å². The molecule has 0 bridgehead atoms. The molecule has 2 aromatic carbocycles. The molecule has 7 nitrogen and oxygen atoms in total. The Balaban J connectivity index is 1.74. The summed E-state index contributed by atoms with van der Waals surface area (Å²) in [6.07, 6.45) is 0. The largest absolute Gasteiger partial charge is 0.354 e. The van der Waals surface area contributed by atoms with Crippen LogP contribution in [0.15, 0.2) is 71.9 Å². The Labute approximate surface area is 194 Å². The van der Waals surface area contributed by atoms with Crippen molar-refractivity contribution < 1.29 is 14.4 Å². The summed E-state index contributed by atoms with van der Waals surface area (Å²) in [7, 11) is 0. The quantitative estimate of drug-likeness (QED) is 0.684. The Morgan fingerprint density at radius 3 is 2.30 bits per heavy atom. The zero-order valence-electron chi connectivity index (χ0n) is 19.2. The average Bonchev–Trinajstić information content (AvgIpc) is 3.15. The standard InChI is InChI=1S/C26H30N4O3/c1-4-29-20-16-30(23(19-13-9-6-10-14-19)24(31)27-15-17(2)3)25(32)21(20)22(28-26(29)33)18-11-7-5-8-12-18/h5-14,17,22-23H,4,15-16H2,1-3H3,(H,27,31)(H,28,33). The van der Waals surface area contributed by atoms with E-state index in [4.69, 9.17) is 0 Å². The van der Waals surface area contributed by atoms with E-state index in [0.717, 1.165) is 11.1 Å². The zero-order valence-corrected chi connectivity index (χ0v) is 19.2. The van der Waals surface area contributed by atoms with Crippen molar-refractivity contribution in [1.82, 2.24) is 20.4 Å². The molecule has 2 aromatic rings. The van der Waals surface area contributed by atoms with Crippen molar-refractivity contribution in [1.29, 1.82) is 0 Å². The second kappa shape index (κ2) is 9.48. The van der Waals surface area contributed by atoms with Gasteiger partial charge in [0.15, 0.2) is 0 Å². The second-order valence-corrected chi connectivity index (χ2v) is 8.78. The maximum Gasteiger partial charge on any atom is 0.322 e. The van der Waals surface area contributed by atoms with Crippen LogP contribution in [0.2, 0.25) is 0 Å². The minimum absolute atomic E-state index is 0.202. The molecule has 2 heterocycles. The molecular formula is C26H30N4O3. The fourth-order valence-corrected chi connectivity index (χ4v) is 4.46. The number of benzene rings is 2. The normalized spacial score (nSPS) is 19.0. The fourth-order valence-electron chi connectivity index (χ4n) is 4.46. The van der Waals surface area contributed by atoms with E-state index >= 15 is 0 Å². The number of hydrogen-bond donors (Lipinski definition) is 2. The van der Waals surface area contributed by atoms with Crippen LogP contribution in [0.25, 0.3) is 0 Å². The average molecular weight is 447 g/mol. The number of nitrogens with zero attached hydrogens (tertiary/aromatic N) is 2. The lowest BCUT2D eigenvalue weighted by atomic mass is 9.95. The summed E-state index contributed by atoms with van der Waals surface area (Å²) in [5.41, 5.74) is 2.77. The van der Waals surface area contributed by atoms with Gasteiger partial charge in [0, 0.05) is 13.1 Å². The third-order valence-electron chi connectivity index (χ3n) is 6.06. The van der Waals surface area contributed by atoms with Gasteiger partial charge in [-0.05, 0) is 24.0 Å². The van der Waals surface area contributed by atoms with E-state index in [1.807, 2.05) is 81.4 Å². The monoisotopic (exact) mass is 446 g/mol. The summed E-state index contributed by atoms with van der Waals surface area (Å²) in [6, 6.07) is 17.2. The predicted octanol–water partition coefficient (Wildman–Crippen LogP) is 3.38. The molecule has 0 fully saturated rings. The number of carbonyl (C=O) groups excluding carboxylic acids is 3. The molecular weight excluding hydrogens is 416 g/mol. The SMILES string of the molecule is CCN1C(=O)NC(c2ccccc2)C2=C1CN(C(C(=O)NCC(C)C)c1ccccc1)C2=O. The van der Waals surface area contributed by atoms with Gasteiger partial charge >= 0.3 is 6.03 Å². The molecule has 4 amide bonds. The van der Waals surface area contributed by atoms with Crippen molar-refractivity contribution in [2.24, 2.45) is 5.92 Å². The Morgan fingerprint density at radius 2 is 1.70 bits per heavy atom. The molecule has 2 atom stereocenters. The first-order valence-electron chi connectivity index (χ1n) is 11.4. The first-order chi connectivity index (χ1) is 15.9. The van der Waals surface area contributed by atoms with Gasteiger partial charge in [-0.2, -0.15) is 0 Å². The molecule has 0 spiro atoms. The number of carbonyl (C=O) groups is 3. The van der Waals surface area contributed by atoms with Crippen molar-refractivity contribution in [3.63, 3.8) is 0 Å². The van der Waals surface area contributed by atoms with Crippen LogP contribution < -0.4 is 10.6 Å². The van der Waals surface area contributed by atoms with E-state index in [-0.39, 0.29) is 30.3 Å².